The first-order chi connectivity index (χ1) is 9.60. The van der Waals surface area contributed by atoms with Crippen molar-refractivity contribution < 1.29 is 4.74 Å². The van der Waals surface area contributed by atoms with Gasteiger partial charge >= 0.3 is 0 Å². The second kappa shape index (κ2) is 8.71. The molecular formula is C14H27N5O. The first-order valence-electron chi connectivity index (χ1n) is 7.20. The molecule has 6 nitrogen and oxygen atoms in total. The maximum atomic E-state index is 7.36. The van der Waals surface area contributed by atoms with Gasteiger partial charge in [-0.25, -0.2) is 0 Å². The Hall–Kier alpha value is -1.40. The Morgan fingerprint density at radius 1 is 1.45 bits per heavy atom. The van der Waals surface area contributed by atoms with Crippen molar-refractivity contribution in [2.75, 3.05) is 26.8 Å². The van der Waals surface area contributed by atoms with Crippen LogP contribution in [0.4, 0.5) is 0 Å². The molecule has 1 rings (SSSR count). The molecular weight excluding hydrogens is 254 g/mol. The van der Waals surface area contributed by atoms with E-state index in [0.29, 0.717) is 13.0 Å². The van der Waals surface area contributed by atoms with E-state index in [2.05, 4.69) is 29.9 Å². The number of ether oxygens (including phenoxy) is 1. The number of nitrogens with one attached hydrogen (secondary N) is 1. The Bertz CT molecular complexity index is 416. The van der Waals surface area contributed by atoms with Crippen molar-refractivity contribution >= 4 is 5.84 Å². The third-order valence-corrected chi connectivity index (χ3v) is 3.27. The lowest BCUT2D eigenvalue weighted by molar-refractivity contribution is 0.144. The zero-order valence-electron chi connectivity index (χ0n) is 12.9. The lowest BCUT2D eigenvalue weighted by Crippen LogP contribution is -2.31. The van der Waals surface area contributed by atoms with Crippen LogP contribution in [0.3, 0.4) is 0 Å². The summed E-state index contributed by atoms with van der Waals surface area (Å²) in [6.45, 7) is 8.20. The number of amidine groups is 1. The third-order valence-electron chi connectivity index (χ3n) is 3.27. The van der Waals surface area contributed by atoms with E-state index in [9.17, 15) is 0 Å². The first-order valence-corrected chi connectivity index (χ1v) is 7.20. The molecule has 0 bridgehead atoms. The Morgan fingerprint density at radius 3 is 2.75 bits per heavy atom. The van der Waals surface area contributed by atoms with E-state index in [1.807, 2.05) is 4.68 Å². The SMILES string of the molecule is CCc1cc(CN(CCOC)CCC(=N)N)n(CC)n1. The number of rotatable bonds is 10. The Kier molecular flexibility index (Phi) is 7.25. The van der Waals surface area contributed by atoms with Crippen molar-refractivity contribution in [3.63, 3.8) is 0 Å². The van der Waals surface area contributed by atoms with Gasteiger partial charge in [0.2, 0.25) is 0 Å². The topological polar surface area (TPSA) is 80.2 Å². The largest absolute Gasteiger partial charge is 0.388 e. The number of methoxy groups -OCH3 is 1. The van der Waals surface area contributed by atoms with E-state index in [1.54, 1.807) is 7.11 Å². The summed E-state index contributed by atoms with van der Waals surface area (Å²) in [5.74, 6) is 0.227. The Morgan fingerprint density at radius 2 is 2.20 bits per heavy atom. The molecule has 1 heterocycles. The summed E-state index contributed by atoms with van der Waals surface area (Å²) in [7, 11) is 1.70. The van der Waals surface area contributed by atoms with Crippen LogP contribution in [0.1, 0.15) is 31.7 Å². The van der Waals surface area contributed by atoms with Crippen molar-refractivity contribution in [3.05, 3.63) is 17.5 Å². The van der Waals surface area contributed by atoms with E-state index in [1.165, 1.54) is 5.69 Å². The molecule has 0 spiro atoms. The predicted molar refractivity (Wildman–Crippen MR) is 81.0 cm³/mol. The molecule has 0 radical (unpaired) electrons. The average molecular weight is 281 g/mol. The molecule has 3 N–H and O–H groups in total. The number of aryl methyl sites for hydroxylation is 2. The molecule has 0 saturated heterocycles. The molecule has 0 amide bonds. The number of nitrogens with zero attached hydrogens (tertiary/aromatic N) is 3. The quantitative estimate of drug-likeness (QED) is 0.499. The minimum absolute atomic E-state index is 0.227. The van der Waals surface area contributed by atoms with Crippen molar-refractivity contribution in [2.24, 2.45) is 5.73 Å². The zero-order valence-corrected chi connectivity index (χ0v) is 12.9. The summed E-state index contributed by atoms with van der Waals surface area (Å²) in [6.07, 6.45) is 1.54. The molecule has 0 saturated carbocycles. The van der Waals surface area contributed by atoms with Gasteiger partial charge in [-0.3, -0.25) is 15.0 Å². The fourth-order valence-electron chi connectivity index (χ4n) is 2.09. The van der Waals surface area contributed by atoms with E-state index in [-0.39, 0.29) is 5.84 Å². The summed E-state index contributed by atoms with van der Waals surface area (Å²) in [5.41, 5.74) is 7.79. The van der Waals surface area contributed by atoms with Gasteiger partial charge in [0.1, 0.15) is 0 Å². The molecule has 20 heavy (non-hydrogen) atoms. The van der Waals surface area contributed by atoms with Gasteiger partial charge in [0.15, 0.2) is 0 Å². The van der Waals surface area contributed by atoms with Crippen LogP contribution >= 0.6 is 0 Å². The highest BCUT2D eigenvalue weighted by Crippen LogP contribution is 2.09. The van der Waals surface area contributed by atoms with Crippen molar-refractivity contribution in [3.8, 4) is 0 Å². The van der Waals surface area contributed by atoms with Crippen LogP contribution in [-0.2, 0) is 24.2 Å². The second-order valence-corrected chi connectivity index (χ2v) is 4.84. The van der Waals surface area contributed by atoms with Gasteiger partial charge in [-0.05, 0) is 19.4 Å². The normalized spacial score (nSPS) is 11.2. The standard InChI is InChI=1S/C14H27N5O/c1-4-12-10-13(19(5-2)17-12)11-18(8-9-20-3)7-6-14(15)16/h10H,4-9,11H2,1-3H3,(H3,15,16). The Balaban J connectivity index is 2.71. The fraction of sp³-hybridized carbons (Fsp3) is 0.714. The number of aromatic nitrogens is 2. The molecule has 0 aliphatic rings. The molecule has 1 aromatic heterocycles. The summed E-state index contributed by atoms with van der Waals surface area (Å²) >= 11 is 0. The molecule has 6 heteroatoms. The number of nitrogens with two attached hydrogens (primary N) is 1. The molecule has 1 aromatic rings. The number of hydrogen-bond donors (Lipinski definition) is 2. The van der Waals surface area contributed by atoms with Gasteiger partial charge in [-0.1, -0.05) is 6.92 Å². The number of hydrogen-bond acceptors (Lipinski definition) is 4. The van der Waals surface area contributed by atoms with Crippen LogP contribution in [-0.4, -0.2) is 47.3 Å². The van der Waals surface area contributed by atoms with Gasteiger partial charge < -0.3 is 10.5 Å². The van der Waals surface area contributed by atoms with Crippen molar-refractivity contribution in [1.29, 1.82) is 5.41 Å². The maximum Gasteiger partial charge on any atom is 0.0918 e. The van der Waals surface area contributed by atoms with Gasteiger partial charge in [-0.2, -0.15) is 5.10 Å². The van der Waals surface area contributed by atoms with Crippen LogP contribution < -0.4 is 5.73 Å². The van der Waals surface area contributed by atoms with Crippen LogP contribution in [0.15, 0.2) is 6.07 Å². The molecule has 0 aromatic carbocycles. The van der Waals surface area contributed by atoms with E-state index < -0.39 is 0 Å². The Labute approximate surface area is 121 Å². The minimum Gasteiger partial charge on any atom is -0.388 e. The molecule has 0 aliphatic heterocycles. The smallest absolute Gasteiger partial charge is 0.0918 e. The second-order valence-electron chi connectivity index (χ2n) is 4.84. The molecule has 0 fully saturated rings. The van der Waals surface area contributed by atoms with Crippen molar-refractivity contribution in [2.45, 2.75) is 39.8 Å². The fourth-order valence-corrected chi connectivity index (χ4v) is 2.09. The summed E-state index contributed by atoms with van der Waals surface area (Å²) in [6, 6.07) is 2.16. The van der Waals surface area contributed by atoms with Gasteiger partial charge in [0.05, 0.1) is 23.8 Å². The van der Waals surface area contributed by atoms with E-state index in [4.69, 9.17) is 15.9 Å². The average Bonchev–Trinajstić information content (AvgIpc) is 2.83. The molecule has 114 valence electrons. The predicted octanol–water partition coefficient (Wildman–Crippen LogP) is 1.24. The first kappa shape index (κ1) is 16.7. The van der Waals surface area contributed by atoms with Crippen LogP contribution in [0, 0.1) is 5.41 Å². The van der Waals surface area contributed by atoms with Crippen LogP contribution in [0.5, 0.6) is 0 Å². The zero-order chi connectivity index (χ0) is 15.0. The third kappa shape index (κ3) is 5.30. The van der Waals surface area contributed by atoms with Gasteiger partial charge in [-0.15, -0.1) is 0 Å². The van der Waals surface area contributed by atoms with Crippen LogP contribution in [0.25, 0.3) is 0 Å². The lowest BCUT2D eigenvalue weighted by atomic mass is 10.2. The van der Waals surface area contributed by atoms with E-state index in [0.717, 1.165) is 38.3 Å². The molecule has 0 unspecified atom stereocenters. The van der Waals surface area contributed by atoms with Crippen molar-refractivity contribution in [1.82, 2.24) is 14.7 Å². The van der Waals surface area contributed by atoms with E-state index >= 15 is 0 Å². The highest BCUT2D eigenvalue weighted by Gasteiger charge is 2.11. The van der Waals surface area contributed by atoms with Gasteiger partial charge in [0.25, 0.3) is 0 Å². The van der Waals surface area contributed by atoms with Gasteiger partial charge in [0, 0.05) is 39.7 Å². The summed E-state index contributed by atoms with van der Waals surface area (Å²) < 4.78 is 7.20. The summed E-state index contributed by atoms with van der Waals surface area (Å²) in [5, 5.41) is 11.9. The maximum absolute atomic E-state index is 7.36. The molecule has 0 atom stereocenters. The summed E-state index contributed by atoms with van der Waals surface area (Å²) in [4.78, 5) is 2.26. The molecule has 0 aliphatic carbocycles. The monoisotopic (exact) mass is 281 g/mol. The highest BCUT2D eigenvalue weighted by molar-refractivity contribution is 5.76. The van der Waals surface area contributed by atoms with Crippen LogP contribution in [0.2, 0.25) is 0 Å². The lowest BCUT2D eigenvalue weighted by Gasteiger charge is -2.21. The minimum atomic E-state index is 0.227. The highest BCUT2D eigenvalue weighted by atomic mass is 16.5.